The third kappa shape index (κ3) is 4.85. The van der Waals surface area contributed by atoms with Crippen molar-refractivity contribution in [1.82, 2.24) is 0 Å². The molecular weight excluding hydrogens is 475 g/mol. The molecule has 1 fully saturated rings. The Morgan fingerprint density at radius 3 is 2.16 bits per heavy atom. The molecule has 14 heteroatoms. The highest BCUT2D eigenvalue weighted by atomic mass is 32.2. The normalized spacial score (nSPS) is 16.1. The third-order valence-electron chi connectivity index (χ3n) is 4.41. The zero-order valence-corrected chi connectivity index (χ0v) is 17.9. The van der Waals surface area contributed by atoms with Crippen molar-refractivity contribution in [2.75, 3.05) is 20.1 Å². The van der Waals surface area contributed by atoms with Crippen LogP contribution in [0.2, 0.25) is 0 Å². The van der Waals surface area contributed by atoms with Gasteiger partial charge < -0.3 is 5.32 Å². The van der Waals surface area contributed by atoms with Crippen LogP contribution >= 0.6 is 0 Å². The van der Waals surface area contributed by atoms with Crippen molar-refractivity contribution in [3.05, 3.63) is 48.0 Å². The van der Waals surface area contributed by atoms with Gasteiger partial charge in [-0.3, -0.25) is 14.3 Å². The maximum Gasteiger partial charge on any atom is 0.471 e. The van der Waals surface area contributed by atoms with Crippen LogP contribution in [0.5, 0.6) is 0 Å². The summed E-state index contributed by atoms with van der Waals surface area (Å²) in [7, 11) is -7.96. The van der Waals surface area contributed by atoms with E-state index in [1.165, 1.54) is 19.1 Å². The van der Waals surface area contributed by atoms with Crippen molar-refractivity contribution in [3.8, 4) is 0 Å². The van der Waals surface area contributed by atoms with Gasteiger partial charge in [0, 0.05) is 17.8 Å². The number of anilines is 3. The van der Waals surface area contributed by atoms with E-state index in [0.717, 1.165) is 30.3 Å². The standard InChI is InChI=1S/C18H16F3N3O6S2/c1-11-10-14(24-16(25)8-9-31(24,27)28)6-7-15(11)32(29,30)23-13-4-2-12(3-5-13)22-17(26)18(19,20)21/h2-7,10,23H,8-9H2,1H3,(H,22,26). The van der Waals surface area contributed by atoms with E-state index in [1.54, 1.807) is 5.32 Å². The largest absolute Gasteiger partial charge is 0.471 e. The quantitative estimate of drug-likeness (QED) is 0.661. The van der Waals surface area contributed by atoms with Crippen LogP contribution in [-0.2, 0) is 29.6 Å². The molecule has 2 aromatic carbocycles. The first kappa shape index (κ1) is 23.5. The van der Waals surface area contributed by atoms with E-state index in [-0.39, 0.29) is 39.7 Å². The summed E-state index contributed by atoms with van der Waals surface area (Å²) in [5.74, 6) is -3.11. The number of carbonyl (C=O) groups excluding carboxylic acids is 2. The second kappa shape index (κ2) is 8.09. The molecule has 0 saturated carbocycles. The fourth-order valence-corrected chi connectivity index (χ4v) is 5.70. The molecule has 2 N–H and O–H groups in total. The van der Waals surface area contributed by atoms with Crippen LogP contribution < -0.4 is 14.3 Å². The number of hydrogen-bond donors (Lipinski definition) is 2. The Kier molecular flexibility index (Phi) is 5.95. The van der Waals surface area contributed by atoms with E-state index >= 15 is 0 Å². The van der Waals surface area contributed by atoms with Crippen LogP contribution in [0.3, 0.4) is 0 Å². The lowest BCUT2D eigenvalue weighted by Gasteiger charge is -2.17. The van der Waals surface area contributed by atoms with Crippen molar-refractivity contribution in [3.63, 3.8) is 0 Å². The number of aryl methyl sites for hydroxylation is 1. The summed E-state index contributed by atoms with van der Waals surface area (Å²) in [6.45, 7) is 1.42. The number of rotatable bonds is 5. The summed E-state index contributed by atoms with van der Waals surface area (Å²) in [4.78, 5) is 22.7. The number of nitrogens with zero attached hydrogens (tertiary/aromatic N) is 1. The lowest BCUT2D eigenvalue weighted by Crippen LogP contribution is -2.29. The van der Waals surface area contributed by atoms with E-state index in [1.807, 2.05) is 0 Å². The summed E-state index contributed by atoms with van der Waals surface area (Å²) in [6.07, 6.45) is -5.23. The molecule has 0 radical (unpaired) electrons. The van der Waals surface area contributed by atoms with Gasteiger partial charge in [0.2, 0.25) is 15.9 Å². The van der Waals surface area contributed by atoms with E-state index in [0.29, 0.717) is 4.31 Å². The second-order valence-electron chi connectivity index (χ2n) is 6.81. The summed E-state index contributed by atoms with van der Waals surface area (Å²) >= 11 is 0. The van der Waals surface area contributed by atoms with Crippen LogP contribution in [0.15, 0.2) is 47.4 Å². The van der Waals surface area contributed by atoms with Gasteiger partial charge >= 0.3 is 12.1 Å². The van der Waals surface area contributed by atoms with E-state index in [2.05, 4.69) is 4.72 Å². The van der Waals surface area contributed by atoms with Crippen LogP contribution in [0, 0.1) is 6.92 Å². The topological polar surface area (TPSA) is 130 Å². The predicted octanol–water partition coefficient (Wildman–Crippen LogP) is 2.36. The fraction of sp³-hybridized carbons (Fsp3) is 0.222. The summed E-state index contributed by atoms with van der Waals surface area (Å²) in [5, 5.41) is 1.63. The molecule has 32 heavy (non-hydrogen) atoms. The van der Waals surface area contributed by atoms with E-state index < -0.39 is 38.0 Å². The van der Waals surface area contributed by atoms with Crippen LogP contribution in [-0.4, -0.2) is 40.6 Å². The van der Waals surface area contributed by atoms with Crippen molar-refractivity contribution < 1.29 is 39.6 Å². The van der Waals surface area contributed by atoms with Gasteiger partial charge in [0.25, 0.3) is 10.0 Å². The summed E-state index contributed by atoms with van der Waals surface area (Å²) < 4.78 is 89.3. The second-order valence-corrected chi connectivity index (χ2v) is 10.4. The molecule has 0 aromatic heterocycles. The number of alkyl halides is 3. The molecule has 1 aliphatic heterocycles. The molecule has 0 bridgehead atoms. The van der Waals surface area contributed by atoms with Crippen molar-refractivity contribution in [2.45, 2.75) is 24.4 Å². The number of carbonyl (C=O) groups is 2. The van der Waals surface area contributed by atoms with Gasteiger partial charge in [-0.1, -0.05) is 0 Å². The minimum absolute atomic E-state index is 0.00998. The van der Waals surface area contributed by atoms with Crippen molar-refractivity contribution in [1.29, 1.82) is 0 Å². The van der Waals surface area contributed by atoms with E-state index in [4.69, 9.17) is 0 Å². The first-order valence-corrected chi connectivity index (χ1v) is 12.0. The Hall–Kier alpha value is -3.13. The molecule has 2 aromatic rings. The van der Waals surface area contributed by atoms with E-state index in [9.17, 15) is 39.6 Å². The minimum Gasteiger partial charge on any atom is -0.318 e. The Morgan fingerprint density at radius 1 is 1.06 bits per heavy atom. The summed E-state index contributed by atoms with van der Waals surface area (Å²) in [5.41, 5.74) is 0.00995. The highest BCUT2D eigenvalue weighted by Crippen LogP contribution is 2.29. The van der Waals surface area contributed by atoms with Gasteiger partial charge in [0.05, 0.1) is 16.3 Å². The molecule has 9 nitrogen and oxygen atoms in total. The highest BCUT2D eigenvalue weighted by Gasteiger charge is 2.39. The lowest BCUT2D eigenvalue weighted by atomic mass is 10.2. The molecule has 0 atom stereocenters. The highest BCUT2D eigenvalue weighted by molar-refractivity contribution is 7.94. The molecule has 172 valence electrons. The maximum absolute atomic E-state index is 12.7. The maximum atomic E-state index is 12.7. The number of amides is 2. The molecule has 0 unspecified atom stereocenters. The molecule has 1 saturated heterocycles. The summed E-state index contributed by atoms with van der Waals surface area (Å²) in [6, 6.07) is 8.07. The number of sulfonamides is 2. The molecular formula is C18H16F3N3O6S2. The van der Waals surface area contributed by atoms with Crippen LogP contribution in [0.1, 0.15) is 12.0 Å². The van der Waals surface area contributed by atoms with Crippen molar-refractivity contribution >= 4 is 48.9 Å². The first-order chi connectivity index (χ1) is 14.7. The predicted molar refractivity (Wildman–Crippen MR) is 109 cm³/mol. The van der Waals surface area contributed by atoms with Crippen molar-refractivity contribution in [2.24, 2.45) is 0 Å². The van der Waals surface area contributed by atoms with Gasteiger partial charge in [0.1, 0.15) is 0 Å². The average Bonchev–Trinajstić information content (AvgIpc) is 2.94. The number of benzene rings is 2. The third-order valence-corrected chi connectivity index (χ3v) is 7.65. The molecule has 0 aliphatic carbocycles. The van der Waals surface area contributed by atoms with Gasteiger partial charge in [-0.15, -0.1) is 0 Å². The zero-order chi connectivity index (χ0) is 23.9. The number of nitrogens with one attached hydrogen (secondary N) is 2. The minimum atomic E-state index is -5.07. The molecule has 1 heterocycles. The number of halogens is 3. The molecule has 1 aliphatic rings. The Morgan fingerprint density at radius 2 is 1.66 bits per heavy atom. The Balaban J connectivity index is 1.80. The molecule has 2 amide bonds. The Labute approximate surface area is 181 Å². The van der Waals surface area contributed by atoms with Gasteiger partial charge in [-0.25, -0.2) is 21.1 Å². The monoisotopic (exact) mass is 491 g/mol. The van der Waals surface area contributed by atoms with Crippen LogP contribution in [0.4, 0.5) is 30.2 Å². The smallest absolute Gasteiger partial charge is 0.318 e. The first-order valence-electron chi connectivity index (χ1n) is 8.88. The molecule has 0 spiro atoms. The van der Waals surface area contributed by atoms with Gasteiger partial charge in [-0.2, -0.15) is 13.2 Å². The SMILES string of the molecule is Cc1cc(N2C(=O)CCS2(=O)=O)ccc1S(=O)(=O)Nc1ccc(NC(=O)C(F)(F)F)cc1. The molecule has 3 rings (SSSR count). The Bertz CT molecular complexity index is 1290. The fourth-order valence-electron chi connectivity index (χ4n) is 2.96. The average molecular weight is 491 g/mol. The van der Waals surface area contributed by atoms with Crippen LogP contribution in [0.25, 0.3) is 0 Å². The number of hydrogen-bond acceptors (Lipinski definition) is 6. The zero-order valence-electron chi connectivity index (χ0n) is 16.3. The lowest BCUT2D eigenvalue weighted by molar-refractivity contribution is -0.167. The van der Waals surface area contributed by atoms with Gasteiger partial charge in [0.15, 0.2) is 0 Å². The van der Waals surface area contributed by atoms with Gasteiger partial charge in [-0.05, 0) is 55.0 Å².